The third-order valence-electron chi connectivity index (χ3n) is 4.27. The molecule has 172 valence electrons. The van der Waals surface area contributed by atoms with Gasteiger partial charge in [0.1, 0.15) is 6.04 Å². The average Bonchev–Trinajstić information content (AvgIpc) is 2.77. The van der Waals surface area contributed by atoms with Gasteiger partial charge in [0.25, 0.3) is 5.91 Å². The fourth-order valence-corrected chi connectivity index (χ4v) is 2.91. The Balaban J connectivity index is 1.87. The standard InChI is InChI=1S/C21H21BrF3N3O4/c1-32-20(31)17(11-26-10-13-5-7-16(22)8-6-13)28-18(29)12-27-19(30)14-3-2-4-15(9-14)21(23,24)25/h2-9,17,26H,10-12H2,1H3,(H,27,30)(H,28,29)/t17-/m0/s1. The van der Waals surface area contributed by atoms with Gasteiger partial charge in [0.2, 0.25) is 5.91 Å². The fourth-order valence-electron chi connectivity index (χ4n) is 2.64. The Bertz CT molecular complexity index is 952. The zero-order valence-corrected chi connectivity index (χ0v) is 18.5. The topological polar surface area (TPSA) is 96.5 Å². The van der Waals surface area contributed by atoms with Crippen LogP contribution in [-0.4, -0.2) is 44.0 Å². The number of amides is 2. The summed E-state index contributed by atoms with van der Waals surface area (Å²) in [7, 11) is 1.17. The van der Waals surface area contributed by atoms with Crippen LogP contribution in [0, 0.1) is 0 Å². The lowest BCUT2D eigenvalue weighted by atomic mass is 10.1. The Morgan fingerprint density at radius 1 is 1.09 bits per heavy atom. The molecule has 0 aliphatic carbocycles. The molecule has 0 aromatic heterocycles. The minimum Gasteiger partial charge on any atom is -0.467 e. The van der Waals surface area contributed by atoms with Gasteiger partial charge >= 0.3 is 12.1 Å². The predicted octanol–water partition coefficient (Wildman–Crippen LogP) is 2.65. The van der Waals surface area contributed by atoms with Crippen molar-refractivity contribution in [1.29, 1.82) is 0 Å². The van der Waals surface area contributed by atoms with Gasteiger partial charge in [-0.2, -0.15) is 13.2 Å². The Morgan fingerprint density at radius 3 is 2.41 bits per heavy atom. The summed E-state index contributed by atoms with van der Waals surface area (Å²) in [5, 5.41) is 7.69. The zero-order chi connectivity index (χ0) is 23.7. The summed E-state index contributed by atoms with van der Waals surface area (Å²) >= 11 is 3.34. The molecule has 2 rings (SSSR count). The van der Waals surface area contributed by atoms with E-state index in [9.17, 15) is 27.6 Å². The third-order valence-corrected chi connectivity index (χ3v) is 4.80. The van der Waals surface area contributed by atoms with Crippen LogP contribution < -0.4 is 16.0 Å². The molecular weight excluding hydrogens is 495 g/mol. The monoisotopic (exact) mass is 515 g/mol. The summed E-state index contributed by atoms with van der Waals surface area (Å²) in [6, 6.07) is 10.3. The number of alkyl halides is 3. The largest absolute Gasteiger partial charge is 0.467 e. The molecule has 7 nitrogen and oxygen atoms in total. The van der Waals surface area contributed by atoms with Crippen molar-refractivity contribution in [3.8, 4) is 0 Å². The van der Waals surface area contributed by atoms with Crippen LogP contribution in [0.5, 0.6) is 0 Å². The van der Waals surface area contributed by atoms with E-state index >= 15 is 0 Å². The van der Waals surface area contributed by atoms with E-state index in [4.69, 9.17) is 0 Å². The van der Waals surface area contributed by atoms with Crippen LogP contribution in [0.1, 0.15) is 21.5 Å². The fraction of sp³-hybridized carbons (Fsp3) is 0.286. The molecule has 0 saturated carbocycles. The van der Waals surface area contributed by atoms with Gasteiger partial charge < -0.3 is 20.7 Å². The summed E-state index contributed by atoms with van der Waals surface area (Å²) in [5.41, 5.74) is -0.262. The molecule has 2 amide bonds. The number of benzene rings is 2. The number of ether oxygens (including phenoxy) is 1. The second-order valence-corrected chi connectivity index (χ2v) is 7.58. The Kier molecular flexibility index (Phi) is 9.21. The van der Waals surface area contributed by atoms with Crippen LogP contribution in [0.15, 0.2) is 53.0 Å². The number of carbonyl (C=O) groups excluding carboxylic acids is 3. The van der Waals surface area contributed by atoms with Crippen molar-refractivity contribution in [2.45, 2.75) is 18.8 Å². The van der Waals surface area contributed by atoms with Crippen molar-refractivity contribution in [2.24, 2.45) is 0 Å². The van der Waals surface area contributed by atoms with Gasteiger partial charge in [-0.05, 0) is 35.9 Å². The number of hydrogen-bond acceptors (Lipinski definition) is 5. The van der Waals surface area contributed by atoms with Crippen molar-refractivity contribution in [3.05, 3.63) is 69.7 Å². The highest BCUT2D eigenvalue weighted by atomic mass is 79.9. The molecule has 32 heavy (non-hydrogen) atoms. The van der Waals surface area contributed by atoms with Crippen LogP contribution in [-0.2, 0) is 27.0 Å². The Hall–Kier alpha value is -2.92. The highest BCUT2D eigenvalue weighted by Crippen LogP contribution is 2.29. The second kappa shape index (κ2) is 11.6. The number of nitrogens with one attached hydrogen (secondary N) is 3. The van der Waals surface area contributed by atoms with Crippen LogP contribution in [0.3, 0.4) is 0 Å². The Morgan fingerprint density at radius 2 is 1.78 bits per heavy atom. The molecule has 2 aromatic rings. The lowest BCUT2D eigenvalue weighted by molar-refractivity contribution is -0.144. The van der Waals surface area contributed by atoms with E-state index in [1.807, 2.05) is 24.3 Å². The van der Waals surface area contributed by atoms with E-state index in [1.165, 1.54) is 13.2 Å². The summed E-state index contributed by atoms with van der Waals surface area (Å²) in [4.78, 5) is 36.2. The molecule has 0 aliphatic rings. The predicted molar refractivity (Wildman–Crippen MR) is 114 cm³/mol. The van der Waals surface area contributed by atoms with E-state index in [0.29, 0.717) is 12.6 Å². The molecule has 0 heterocycles. The van der Waals surface area contributed by atoms with Gasteiger partial charge in [0.05, 0.1) is 19.2 Å². The van der Waals surface area contributed by atoms with Crippen molar-refractivity contribution in [1.82, 2.24) is 16.0 Å². The maximum absolute atomic E-state index is 12.8. The SMILES string of the molecule is COC(=O)[C@H](CNCc1ccc(Br)cc1)NC(=O)CNC(=O)c1cccc(C(F)(F)F)c1. The maximum Gasteiger partial charge on any atom is 0.416 e. The molecule has 0 radical (unpaired) electrons. The highest BCUT2D eigenvalue weighted by molar-refractivity contribution is 9.10. The minimum absolute atomic E-state index is 0.0655. The van der Waals surface area contributed by atoms with E-state index < -0.39 is 42.1 Å². The third kappa shape index (κ3) is 7.97. The Labute approximate surface area is 190 Å². The van der Waals surface area contributed by atoms with Crippen molar-refractivity contribution >= 4 is 33.7 Å². The summed E-state index contributed by atoms with van der Waals surface area (Å²) in [6.45, 7) is -0.0335. The molecule has 0 bridgehead atoms. The summed E-state index contributed by atoms with van der Waals surface area (Å²) in [5.74, 6) is -2.24. The molecule has 11 heteroatoms. The number of esters is 1. The first-order chi connectivity index (χ1) is 15.1. The van der Waals surface area contributed by atoms with E-state index in [0.717, 1.165) is 22.2 Å². The van der Waals surface area contributed by atoms with Gasteiger partial charge in [-0.15, -0.1) is 0 Å². The maximum atomic E-state index is 12.8. The molecule has 0 spiro atoms. The first-order valence-corrected chi connectivity index (χ1v) is 10.2. The van der Waals surface area contributed by atoms with Crippen LogP contribution in [0.25, 0.3) is 0 Å². The highest BCUT2D eigenvalue weighted by Gasteiger charge is 2.31. The lowest BCUT2D eigenvalue weighted by Gasteiger charge is -2.17. The summed E-state index contributed by atoms with van der Waals surface area (Å²) in [6.07, 6.45) is -4.59. The average molecular weight is 516 g/mol. The van der Waals surface area contributed by atoms with Gasteiger partial charge in [0, 0.05) is 23.1 Å². The van der Waals surface area contributed by atoms with Crippen LogP contribution in [0.2, 0.25) is 0 Å². The minimum atomic E-state index is -4.59. The van der Waals surface area contributed by atoms with Gasteiger partial charge in [-0.25, -0.2) is 4.79 Å². The first kappa shape index (κ1) is 25.3. The van der Waals surface area contributed by atoms with Gasteiger partial charge in [0.15, 0.2) is 0 Å². The van der Waals surface area contributed by atoms with Gasteiger partial charge in [-0.3, -0.25) is 9.59 Å². The molecule has 1 atom stereocenters. The molecule has 2 aromatic carbocycles. The second-order valence-electron chi connectivity index (χ2n) is 6.66. The van der Waals surface area contributed by atoms with Crippen molar-refractivity contribution in [3.63, 3.8) is 0 Å². The molecule has 0 unspecified atom stereocenters. The number of rotatable bonds is 9. The zero-order valence-electron chi connectivity index (χ0n) is 17.0. The van der Waals surface area contributed by atoms with Crippen LogP contribution >= 0.6 is 15.9 Å². The molecule has 0 fully saturated rings. The lowest BCUT2D eigenvalue weighted by Crippen LogP contribution is -2.50. The number of carbonyl (C=O) groups is 3. The molecule has 0 saturated heterocycles. The smallest absolute Gasteiger partial charge is 0.416 e. The molecular formula is C21H21BrF3N3O4. The van der Waals surface area contributed by atoms with Crippen molar-refractivity contribution in [2.75, 3.05) is 20.2 Å². The molecule has 3 N–H and O–H groups in total. The number of hydrogen-bond donors (Lipinski definition) is 3. The van der Waals surface area contributed by atoms with E-state index in [-0.39, 0.29) is 12.1 Å². The van der Waals surface area contributed by atoms with E-state index in [2.05, 4.69) is 36.6 Å². The van der Waals surface area contributed by atoms with Gasteiger partial charge in [-0.1, -0.05) is 34.1 Å². The quantitative estimate of drug-likeness (QED) is 0.446. The van der Waals surface area contributed by atoms with Crippen LogP contribution in [0.4, 0.5) is 13.2 Å². The number of halogens is 4. The van der Waals surface area contributed by atoms with E-state index in [1.54, 1.807) is 0 Å². The number of methoxy groups -OCH3 is 1. The summed E-state index contributed by atoms with van der Waals surface area (Å²) < 4.78 is 43.9. The first-order valence-electron chi connectivity index (χ1n) is 9.38. The normalized spacial score (nSPS) is 12.0. The van der Waals surface area contributed by atoms with Crippen molar-refractivity contribution < 1.29 is 32.3 Å². The molecule has 0 aliphatic heterocycles.